The van der Waals surface area contributed by atoms with Crippen LogP contribution in [0.25, 0.3) is 0 Å². The van der Waals surface area contributed by atoms with E-state index in [2.05, 4.69) is 6.58 Å². The summed E-state index contributed by atoms with van der Waals surface area (Å²) in [4.78, 5) is 0. The average molecular weight is 112 g/mol. The van der Waals surface area contributed by atoms with Crippen LogP contribution in [-0.2, 0) is 0 Å². The van der Waals surface area contributed by atoms with Crippen molar-refractivity contribution in [3.8, 4) is 0 Å². The summed E-state index contributed by atoms with van der Waals surface area (Å²) < 4.78 is 0. The molecule has 0 aliphatic heterocycles. The lowest BCUT2D eigenvalue weighted by molar-refractivity contribution is 0.198. The molecule has 0 aromatic carbocycles. The van der Waals surface area contributed by atoms with E-state index in [0.717, 1.165) is 0 Å². The summed E-state index contributed by atoms with van der Waals surface area (Å²) in [7, 11) is 0. The van der Waals surface area contributed by atoms with E-state index in [1.54, 1.807) is 13.0 Å². The molecule has 0 heterocycles. The maximum absolute atomic E-state index is 8.69. The van der Waals surface area contributed by atoms with E-state index in [1.807, 2.05) is 12.2 Å². The Hall–Kier alpha value is -0.560. The van der Waals surface area contributed by atoms with Gasteiger partial charge in [-0.3, -0.25) is 0 Å². The molecule has 0 saturated carbocycles. The van der Waals surface area contributed by atoms with Crippen LogP contribution in [0.2, 0.25) is 0 Å². The zero-order chi connectivity index (χ0) is 6.41. The van der Waals surface area contributed by atoms with E-state index >= 15 is 0 Å². The summed E-state index contributed by atoms with van der Waals surface area (Å²) in [6.45, 7) is 5.25. The van der Waals surface area contributed by atoms with Crippen molar-refractivity contribution in [2.45, 2.75) is 19.4 Å². The Morgan fingerprint density at radius 3 is 2.75 bits per heavy atom. The monoisotopic (exact) mass is 112 g/mol. The molecule has 0 bridgehead atoms. The van der Waals surface area contributed by atoms with Crippen LogP contribution in [0.1, 0.15) is 13.3 Å². The molecule has 46 valence electrons. The van der Waals surface area contributed by atoms with Gasteiger partial charge >= 0.3 is 0 Å². The van der Waals surface area contributed by atoms with E-state index in [-0.39, 0.29) is 6.10 Å². The van der Waals surface area contributed by atoms with Gasteiger partial charge in [-0.05, 0) is 13.3 Å². The van der Waals surface area contributed by atoms with Crippen LogP contribution in [0.3, 0.4) is 0 Å². The second-order valence-corrected chi connectivity index (χ2v) is 1.75. The number of aliphatic hydroxyl groups is 1. The zero-order valence-electron chi connectivity index (χ0n) is 5.17. The van der Waals surface area contributed by atoms with Crippen LogP contribution in [0, 0.1) is 0 Å². The highest BCUT2D eigenvalue weighted by molar-refractivity contribution is 4.97. The molecular formula is C7H12O. The lowest BCUT2D eigenvalue weighted by Gasteiger charge is -1.93. The second kappa shape index (κ2) is 4.60. The SMILES string of the molecule is C=C/C=C\CC(C)O. The van der Waals surface area contributed by atoms with Gasteiger partial charge in [0.05, 0.1) is 6.10 Å². The van der Waals surface area contributed by atoms with Gasteiger partial charge in [0.2, 0.25) is 0 Å². The fourth-order valence-electron chi connectivity index (χ4n) is 0.372. The predicted molar refractivity (Wildman–Crippen MR) is 35.6 cm³/mol. The van der Waals surface area contributed by atoms with Crippen LogP contribution in [-0.4, -0.2) is 11.2 Å². The van der Waals surface area contributed by atoms with Crippen molar-refractivity contribution in [2.75, 3.05) is 0 Å². The van der Waals surface area contributed by atoms with E-state index < -0.39 is 0 Å². The van der Waals surface area contributed by atoms with Gasteiger partial charge in [-0.25, -0.2) is 0 Å². The smallest absolute Gasteiger partial charge is 0.0546 e. The maximum atomic E-state index is 8.69. The molecule has 0 aliphatic carbocycles. The first-order valence-electron chi connectivity index (χ1n) is 2.73. The van der Waals surface area contributed by atoms with Crippen molar-refractivity contribution in [1.82, 2.24) is 0 Å². The predicted octanol–water partition coefficient (Wildman–Crippen LogP) is 1.50. The molecule has 1 heteroatoms. The summed E-state index contributed by atoms with van der Waals surface area (Å²) in [5.41, 5.74) is 0. The summed E-state index contributed by atoms with van der Waals surface area (Å²) in [6.07, 6.45) is 5.89. The lowest BCUT2D eigenvalue weighted by atomic mass is 10.3. The first-order valence-corrected chi connectivity index (χ1v) is 2.73. The molecule has 0 fully saturated rings. The van der Waals surface area contributed by atoms with Gasteiger partial charge in [0, 0.05) is 0 Å². The third kappa shape index (κ3) is 5.44. The van der Waals surface area contributed by atoms with Crippen LogP contribution in [0.4, 0.5) is 0 Å². The lowest BCUT2D eigenvalue weighted by Crippen LogP contribution is -1.94. The largest absolute Gasteiger partial charge is 0.393 e. The normalized spacial score (nSPS) is 14.2. The molecule has 0 aromatic heterocycles. The fourth-order valence-corrected chi connectivity index (χ4v) is 0.372. The first-order chi connectivity index (χ1) is 3.77. The topological polar surface area (TPSA) is 20.2 Å². The molecule has 1 atom stereocenters. The van der Waals surface area contributed by atoms with Gasteiger partial charge in [-0.15, -0.1) is 0 Å². The fraction of sp³-hybridized carbons (Fsp3) is 0.429. The molecule has 0 amide bonds. The Bertz CT molecular complexity index is 82.4. The number of rotatable bonds is 3. The zero-order valence-corrected chi connectivity index (χ0v) is 5.17. The minimum atomic E-state index is -0.230. The van der Waals surface area contributed by atoms with Crippen molar-refractivity contribution < 1.29 is 5.11 Å². The van der Waals surface area contributed by atoms with Gasteiger partial charge in [0.25, 0.3) is 0 Å². The Balaban J connectivity index is 3.15. The first kappa shape index (κ1) is 7.44. The molecule has 8 heavy (non-hydrogen) atoms. The molecule has 1 N–H and O–H groups in total. The van der Waals surface area contributed by atoms with E-state index in [1.165, 1.54) is 0 Å². The third-order valence-corrected chi connectivity index (χ3v) is 0.749. The number of hydrogen-bond donors (Lipinski definition) is 1. The van der Waals surface area contributed by atoms with Crippen molar-refractivity contribution in [1.29, 1.82) is 0 Å². The van der Waals surface area contributed by atoms with Crippen molar-refractivity contribution in [3.63, 3.8) is 0 Å². The standard InChI is InChI=1S/C7H12O/c1-3-4-5-6-7(2)8/h3-5,7-8H,1,6H2,2H3/b5-4-. The van der Waals surface area contributed by atoms with Crippen LogP contribution < -0.4 is 0 Å². The minimum Gasteiger partial charge on any atom is -0.393 e. The molecular weight excluding hydrogens is 100 g/mol. The van der Waals surface area contributed by atoms with Gasteiger partial charge in [0.1, 0.15) is 0 Å². The number of hydrogen-bond acceptors (Lipinski definition) is 1. The average Bonchev–Trinajstić information content (AvgIpc) is 1.66. The molecule has 0 aromatic rings. The molecule has 1 nitrogen and oxygen atoms in total. The Morgan fingerprint density at radius 2 is 2.38 bits per heavy atom. The Kier molecular flexibility index (Phi) is 4.27. The van der Waals surface area contributed by atoms with E-state index in [9.17, 15) is 0 Å². The highest BCUT2D eigenvalue weighted by Gasteiger charge is 1.85. The molecule has 0 rings (SSSR count). The van der Waals surface area contributed by atoms with Gasteiger partial charge in [0.15, 0.2) is 0 Å². The number of aliphatic hydroxyl groups excluding tert-OH is 1. The van der Waals surface area contributed by atoms with Gasteiger partial charge in [-0.2, -0.15) is 0 Å². The quantitative estimate of drug-likeness (QED) is 0.548. The van der Waals surface area contributed by atoms with Crippen molar-refractivity contribution >= 4 is 0 Å². The molecule has 0 radical (unpaired) electrons. The van der Waals surface area contributed by atoms with E-state index in [4.69, 9.17) is 5.11 Å². The highest BCUT2D eigenvalue weighted by Crippen LogP contribution is 1.89. The van der Waals surface area contributed by atoms with Gasteiger partial charge in [-0.1, -0.05) is 24.8 Å². The van der Waals surface area contributed by atoms with Crippen LogP contribution in [0.15, 0.2) is 24.8 Å². The van der Waals surface area contributed by atoms with Crippen LogP contribution in [0.5, 0.6) is 0 Å². The Morgan fingerprint density at radius 1 is 1.75 bits per heavy atom. The molecule has 1 unspecified atom stereocenters. The van der Waals surface area contributed by atoms with Crippen molar-refractivity contribution in [3.05, 3.63) is 24.8 Å². The Labute approximate surface area is 50.3 Å². The molecule has 0 saturated heterocycles. The third-order valence-electron chi connectivity index (χ3n) is 0.749. The summed E-state index contributed by atoms with van der Waals surface area (Å²) in [6, 6.07) is 0. The summed E-state index contributed by atoms with van der Waals surface area (Å²) >= 11 is 0. The molecule has 0 spiro atoms. The minimum absolute atomic E-state index is 0.230. The van der Waals surface area contributed by atoms with Gasteiger partial charge < -0.3 is 5.11 Å². The number of allylic oxidation sites excluding steroid dienone is 2. The summed E-state index contributed by atoms with van der Waals surface area (Å²) in [5, 5.41) is 8.69. The molecule has 0 aliphatic rings. The summed E-state index contributed by atoms with van der Waals surface area (Å²) in [5.74, 6) is 0. The second-order valence-electron chi connectivity index (χ2n) is 1.75. The highest BCUT2D eigenvalue weighted by atomic mass is 16.3. The van der Waals surface area contributed by atoms with Crippen molar-refractivity contribution in [2.24, 2.45) is 0 Å². The van der Waals surface area contributed by atoms with Crippen LogP contribution >= 0.6 is 0 Å². The maximum Gasteiger partial charge on any atom is 0.0546 e. The van der Waals surface area contributed by atoms with E-state index in [0.29, 0.717) is 6.42 Å².